The smallest absolute Gasteiger partial charge is 0.225 e. The topological polar surface area (TPSA) is 50.2 Å². The number of aryl methyl sites for hydroxylation is 3. The lowest BCUT2D eigenvalue weighted by Crippen LogP contribution is -2.37. The van der Waals surface area contributed by atoms with Crippen molar-refractivity contribution in [1.82, 2.24) is 14.5 Å². The van der Waals surface area contributed by atoms with Gasteiger partial charge in [-0.1, -0.05) is 25.1 Å². The summed E-state index contributed by atoms with van der Waals surface area (Å²) in [6.07, 6.45) is 7.68. The SMILES string of the molecule is CCc1cccc(C)c1NC(=O)CCN1CCC[C@H](c2nccn2C)C1. The van der Waals surface area contributed by atoms with Gasteiger partial charge in [-0.05, 0) is 43.9 Å². The number of hydrogen-bond donors (Lipinski definition) is 1. The molecular weight excluding hydrogens is 324 g/mol. The largest absolute Gasteiger partial charge is 0.338 e. The van der Waals surface area contributed by atoms with Crippen LogP contribution in [0.5, 0.6) is 0 Å². The van der Waals surface area contributed by atoms with E-state index in [1.54, 1.807) is 0 Å². The summed E-state index contributed by atoms with van der Waals surface area (Å²) >= 11 is 0. The second kappa shape index (κ2) is 8.49. The third-order valence-electron chi connectivity index (χ3n) is 5.39. The van der Waals surface area contributed by atoms with Crippen LogP contribution < -0.4 is 5.32 Å². The number of para-hydroxylation sites is 1. The van der Waals surface area contributed by atoms with Crippen molar-refractivity contribution in [3.63, 3.8) is 0 Å². The predicted octanol–water partition coefficient (Wildman–Crippen LogP) is 3.50. The van der Waals surface area contributed by atoms with Crippen LogP contribution in [0.4, 0.5) is 5.69 Å². The fourth-order valence-electron chi connectivity index (χ4n) is 3.90. The maximum absolute atomic E-state index is 12.5. The maximum Gasteiger partial charge on any atom is 0.225 e. The minimum Gasteiger partial charge on any atom is -0.338 e. The molecule has 1 aromatic carbocycles. The van der Waals surface area contributed by atoms with Crippen molar-refractivity contribution >= 4 is 11.6 Å². The highest BCUT2D eigenvalue weighted by molar-refractivity contribution is 5.92. The second-order valence-corrected chi connectivity index (χ2v) is 7.30. The molecule has 1 aliphatic heterocycles. The van der Waals surface area contributed by atoms with Gasteiger partial charge in [-0.3, -0.25) is 4.79 Å². The van der Waals surface area contributed by atoms with Crippen molar-refractivity contribution in [3.8, 4) is 0 Å². The van der Waals surface area contributed by atoms with Gasteiger partial charge in [0.05, 0.1) is 0 Å². The van der Waals surface area contributed by atoms with Crippen LogP contribution >= 0.6 is 0 Å². The van der Waals surface area contributed by atoms with Crippen molar-refractivity contribution in [2.24, 2.45) is 7.05 Å². The molecule has 26 heavy (non-hydrogen) atoms. The zero-order chi connectivity index (χ0) is 18.5. The third-order valence-corrected chi connectivity index (χ3v) is 5.39. The Balaban J connectivity index is 1.54. The van der Waals surface area contributed by atoms with E-state index in [1.807, 2.05) is 12.4 Å². The van der Waals surface area contributed by atoms with E-state index >= 15 is 0 Å². The molecule has 1 N–H and O–H groups in total. The first-order valence-electron chi connectivity index (χ1n) is 9.66. The minimum absolute atomic E-state index is 0.105. The van der Waals surface area contributed by atoms with Crippen molar-refractivity contribution in [2.75, 3.05) is 25.0 Å². The van der Waals surface area contributed by atoms with Crippen LogP contribution in [0.15, 0.2) is 30.6 Å². The number of hydrogen-bond acceptors (Lipinski definition) is 3. The summed E-state index contributed by atoms with van der Waals surface area (Å²) in [5.41, 5.74) is 3.32. The van der Waals surface area contributed by atoms with E-state index < -0.39 is 0 Å². The van der Waals surface area contributed by atoms with Crippen molar-refractivity contribution in [3.05, 3.63) is 47.5 Å². The zero-order valence-electron chi connectivity index (χ0n) is 16.2. The number of imidazole rings is 1. The summed E-state index contributed by atoms with van der Waals surface area (Å²) in [6, 6.07) is 6.19. The number of nitrogens with one attached hydrogen (secondary N) is 1. The summed E-state index contributed by atoms with van der Waals surface area (Å²) in [4.78, 5) is 19.4. The molecule has 1 aliphatic rings. The Morgan fingerprint density at radius 3 is 2.96 bits per heavy atom. The average Bonchev–Trinajstić information content (AvgIpc) is 3.08. The van der Waals surface area contributed by atoms with Crippen LogP contribution in [0.1, 0.15) is 49.1 Å². The molecule has 0 saturated carbocycles. The zero-order valence-corrected chi connectivity index (χ0v) is 16.2. The molecular formula is C21H30N4O. The number of carbonyl (C=O) groups is 1. The Hall–Kier alpha value is -2.14. The van der Waals surface area contributed by atoms with Gasteiger partial charge in [0.2, 0.25) is 5.91 Å². The molecule has 5 nitrogen and oxygen atoms in total. The van der Waals surface area contributed by atoms with E-state index in [0.717, 1.165) is 49.6 Å². The molecule has 1 saturated heterocycles. The Morgan fingerprint density at radius 2 is 2.23 bits per heavy atom. The molecule has 140 valence electrons. The molecule has 5 heteroatoms. The predicted molar refractivity (Wildman–Crippen MR) is 105 cm³/mol. The summed E-state index contributed by atoms with van der Waals surface area (Å²) in [5, 5.41) is 3.14. The lowest BCUT2D eigenvalue weighted by atomic mass is 9.97. The van der Waals surface area contributed by atoms with E-state index in [4.69, 9.17) is 0 Å². The summed E-state index contributed by atoms with van der Waals surface area (Å²) in [7, 11) is 2.06. The van der Waals surface area contributed by atoms with Crippen molar-refractivity contribution in [1.29, 1.82) is 0 Å². The van der Waals surface area contributed by atoms with Gasteiger partial charge >= 0.3 is 0 Å². The van der Waals surface area contributed by atoms with Crippen LogP contribution in [0, 0.1) is 6.92 Å². The van der Waals surface area contributed by atoms with Gasteiger partial charge in [0.1, 0.15) is 5.82 Å². The van der Waals surface area contributed by atoms with Crippen molar-refractivity contribution in [2.45, 2.75) is 45.4 Å². The van der Waals surface area contributed by atoms with E-state index in [0.29, 0.717) is 12.3 Å². The number of anilines is 1. The number of carbonyl (C=O) groups excluding carboxylic acids is 1. The normalized spacial score (nSPS) is 18.0. The molecule has 0 bridgehead atoms. The molecule has 1 aromatic heterocycles. The first-order chi connectivity index (χ1) is 12.6. The van der Waals surface area contributed by atoms with Gasteiger partial charge in [-0.15, -0.1) is 0 Å². The Kier molecular flexibility index (Phi) is 6.09. The van der Waals surface area contributed by atoms with Gasteiger partial charge in [-0.2, -0.15) is 0 Å². The molecule has 0 unspecified atom stereocenters. The number of aromatic nitrogens is 2. The molecule has 3 rings (SSSR count). The van der Waals surface area contributed by atoms with Gasteiger partial charge in [0.25, 0.3) is 0 Å². The van der Waals surface area contributed by atoms with Crippen LogP contribution in [-0.2, 0) is 18.3 Å². The van der Waals surface area contributed by atoms with E-state index in [1.165, 1.54) is 12.0 Å². The highest BCUT2D eigenvalue weighted by Crippen LogP contribution is 2.26. The maximum atomic E-state index is 12.5. The number of rotatable bonds is 6. The van der Waals surface area contributed by atoms with Crippen LogP contribution in [0.3, 0.4) is 0 Å². The molecule has 1 atom stereocenters. The Bertz CT molecular complexity index is 752. The minimum atomic E-state index is 0.105. The molecule has 2 heterocycles. The lowest BCUT2D eigenvalue weighted by Gasteiger charge is -2.32. The van der Waals surface area contributed by atoms with E-state index in [-0.39, 0.29) is 5.91 Å². The highest BCUT2D eigenvalue weighted by atomic mass is 16.1. The molecule has 2 aromatic rings. The first-order valence-corrected chi connectivity index (χ1v) is 9.66. The average molecular weight is 354 g/mol. The third kappa shape index (κ3) is 4.33. The van der Waals surface area contributed by atoms with Crippen LogP contribution in [0.25, 0.3) is 0 Å². The summed E-state index contributed by atoms with van der Waals surface area (Å²) < 4.78 is 2.12. The Morgan fingerprint density at radius 1 is 1.38 bits per heavy atom. The highest BCUT2D eigenvalue weighted by Gasteiger charge is 2.24. The number of amides is 1. The molecule has 1 amide bonds. The van der Waals surface area contributed by atoms with Crippen LogP contribution in [0.2, 0.25) is 0 Å². The Labute approximate surface area is 156 Å². The number of benzene rings is 1. The summed E-state index contributed by atoms with van der Waals surface area (Å²) in [5.74, 6) is 1.73. The lowest BCUT2D eigenvalue weighted by molar-refractivity contribution is -0.116. The second-order valence-electron chi connectivity index (χ2n) is 7.30. The molecule has 0 radical (unpaired) electrons. The number of nitrogens with zero attached hydrogens (tertiary/aromatic N) is 3. The molecule has 0 spiro atoms. The molecule has 0 aliphatic carbocycles. The fraction of sp³-hybridized carbons (Fsp3) is 0.524. The summed E-state index contributed by atoms with van der Waals surface area (Å²) in [6.45, 7) is 7.04. The monoisotopic (exact) mass is 354 g/mol. The van der Waals surface area contributed by atoms with E-state index in [2.05, 4.69) is 58.9 Å². The fourth-order valence-corrected chi connectivity index (χ4v) is 3.90. The van der Waals surface area contributed by atoms with Gasteiger partial charge < -0.3 is 14.8 Å². The standard InChI is InChI=1S/C21H30N4O/c1-4-17-8-5-7-16(2)20(17)23-19(26)10-13-25-12-6-9-18(15-25)21-22-11-14-24(21)3/h5,7-8,11,14,18H,4,6,9-10,12-13,15H2,1-3H3,(H,23,26)/t18-/m0/s1. The van der Waals surface area contributed by atoms with Gasteiger partial charge in [0.15, 0.2) is 0 Å². The first kappa shape index (κ1) is 18.6. The van der Waals surface area contributed by atoms with Gasteiger partial charge in [-0.25, -0.2) is 4.98 Å². The van der Waals surface area contributed by atoms with Crippen molar-refractivity contribution < 1.29 is 4.79 Å². The number of likely N-dealkylation sites (tertiary alicyclic amines) is 1. The van der Waals surface area contributed by atoms with Gasteiger partial charge in [0, 0.05) is 50.6 Å². The number of piperidine rings is 1. The quantitative estimate of drug-likeness (QED) is 0.864. The van der Waals surface area contributed by atoms with Crippen LogP contribution in [-0.4, -0.2) is 40.0 Å². The van der Waals surface area contributed by atoms with E-state index in [9.17, 15) is 4.79 Å². The molecule has 1 fully saturated rings.